The number of amides is 2. The SMILES string of the molecule is CN1C(=O)C[C@@H](N2CCN(c3ccc(F)cc3)CC2)C1=O. The summed E-state index contributed by atoms with van der Waals surface area (Å²) in [6.45, 7) is 3.00. The van der Waals surface area contributed by atoms with E-state index in [0.717, 1.165) is 31.9 Å². The zero-order valence-corrected chi connectivity index (χ0v) is 12.0. The van der Waals surface area contributed by atoms with Crippen LogP contribution in [-0.4, -0.2) is 60.9 Å². The molecule has 2 fully saturated rings. The third kappa shape index (κ3) is 2.63. The summed E-state index contributed by atoms with van der Waals surface area (Å²) in [7, 11) is 1.54. The molecule has 3 rings (SSSR count). The number of piperazine rings is 1. The molecule has 0 radical (unpaired) electrons. The van der Waals surface area contributed by atoms with Gasteiger partial charge in [0.2, 0.25) is 11.8 Å². The van der Waals surface area contributed by atoms with Gasteiger partial charge in [0, 0.05) is 38.9 Å². The average molecular weight is 291 g/mol. The molecular weight excluding hydrogens is 273 g/mol. The number of anilines is 1. The van der Waals surface area contributed by atoms with Gasteiger partial charge in [0.05, 0.1) is 12.5 Å². The number of imide groups is 1. The Balaban J connectivity index is 1.62. The molecule has 0 aromatic heterocycles. The first-order valence-corrected chi connectivity index (χ1v) is 7.11. The minimum Gasteiger partial charge on any atom is -0.369 e. The Kier molecular flexibility index (Phi) is 3.63. The summed E-state index contributed by atoms with van der Waals surface area (Å²) in [5.41, 5.74) is 0.988. The fraction of sp³-hybridized carbons (Fsp3) is 0.467. The van der Waals surface area contributed by atoms with Gasteiger partial charge in [-0.25, -0.2) is 4.39 Å². The number of carbonyl (C=O) groups is 2. The van der Waals surface area contributed by atoms with Gasteiger partial charge in [-0.15, -0.1) is 0 Å². The monoisotopic (exact) mass is 291 g/mol. The molecule has 0 spiro atoms. The van der Waals surface area contributed by atoms with Gasteiger partial charge in [-0.2, -0.15) is 0 Å². The number of rotatable bonds is 2. The van der Waals surface area contributed by atoms with E-state index in [0.29, 0.717) is 0 Å². The lowest BCUT2D eigenvalue weighted by atomic mass is 10.1. The quantitative estimate of drug-likeness (QED) is 0.753. The average Bonchev–Trinajstić information content (AvgIpc) is 2.76. The van der Waals surface area contributed by atoms with Crippen LogP contribution in [0.3, 0.4) is 0 Å². The molecule has 2 saturated heterocycles. The van der Waals surface area contributed by atoms with Crippen molar-refractivity contribution in [1.29, 1.82) is 0 Å². The van der Waals surface area contributed by atoms with Crippen LogP contribution >= 0.6 is 0 Å². The lowest BCUT2D eigenvalue weighted by Crippen LogP contribution is -2.52. The van der Waals surface area contributed by atoms with Crippen LogP contribution < -0.4 is 4.90 Å². The van der Waals surface area contributed by atoms with Gasteiger partial charge in [-0.3, -0.25) is 19.4 Å². The summed E-state index contributed by atoms with van der Waals surface area (Å²) in [6.07, 6.45) is 0.284. The zero-order valence-electron chi connectivity index (χ0n) is 12.0. The first kappa shape index (κ1) is 14.0. The number of likely N-dealkylation sites (N-methyl/N-ethyl adjacent to an activating group) is 1. The number of halogens is 1. The van der Waals surface area contributed by atoms with E-state index in [1.54, 1.807) is 19.2 Å². The van der Waals surface area contributed by atoms with E-state index in [9.17, 15) is 14.0 Å². The maximum atomic E-state index is 12.9. The Morgan fingerprint density at radius 1 is 1.05 bits per heavy atom. The maximum absolute atomic E-state index is 12.9. The number of benzene rings is 1. The van der Waals surface area contributed by atoms with Gasteiger partial charge in [-0.05, 0) is 24.3 Å². The third-order valence-corrected chi connectivity index (χ3v) is 4.30. The lowest BCUT2D eigenvalue weighted by molar-refractivity contribution is -0.138. The highest BCUT2D eigenvalue weighted by Crippen LogP contribution is 2.21. The van der Waals surface area contributed by atoms with Gasteiger partial charge in [-0.1, -0.05) is 0 Å². The van der Waals surface area contributed by atoms with Gasteiger partial charge in [0.1, 0.15) is 5.82 Å². The molecular formula is C15H18FN3O2. The largest absolute Gasteiger partial charge is 0.369 e. The molecule has 0 N–H and O–H groups in total. The zero-order chi connectivity index (χ0) is 15.0. The Bertz CT molecular complexity index is 553. The standard InChI is InChI=1S/C15H18FN3O2/c1-17-14(20)10-13(15(17)21)19-8-6-18(7-9-19)12-4-2-11(16)3-5-12/h2-5,13H,6-10H2,1H3/t13-/m1/s1. The summed E-state index contributed by atoms with van der Waals surface area (Å²) in [4.78, 5) is 29.1. The summed E-state index contributed by atoms with van der Waals surface area (Å²) < 4.78 is 12.9. The molecule has 2 amide bonds. The van der Waals surface area contributed by atoms with Gasteiger partial charge in [0.25, 0.3) is 0 Å². The fourth-order valence-electron chi connectivity index (χ4n) is 2.97. The van der Waals surface area contributed by atoms with E-state index < -0.39 is 0 Å². The lowest BCUT2D eigenvalue weighted by Gasteiger charge is -2.38. The molecule has 2 heterocycles. The predicted molar refractivity (Wildman–Crippen MR) is 76.4 cm³/mol. The molecule has 1 aromatic carbocycles. The second-order valence-corrected chi connectivity index (χ2v) is 5.51. The van der Waals surface area contributed by atoms with Crippen molar-refractivity contribution in [1.82, 2.24) is 9.80 Å². The molecule has 112 valence electrons. The summed E-state index contributed by atoms with van der Waals surface area (Å²) in [5, 5.41) is 0. The van der Waals surface area contributed by atoms with E-state index in [1.807, 2.05) is 0 Å². The smallest absolute Gasteiger partial charge is 0.246 e. The number of nitrogens with zero attached hydrogens (tertiary/aromatic N) is 3. The van der Waals surface area contributed by atoms with E-state index in [2.05, 4.69) is 9.80 Å². The molecule has 0 bridgehead atoms. The van der Waals surface area contributed by atoms with Crippen LogP contribution in [0.25, 0.3) is 0 Å². The topological polar surface area (TPSA) is 43.9 Å². The second-order valence-electron chi connectivity index (χ2n) is 5.51. The second kappa shape index (κ2) is 5.44. The van der Waals surface area contributed by atoms with Gasteiger partial charge < -0.3 is 4.90 Å². The highest BCUT2D eigenvalue weighted by atomic mass is 19.1. The Morgan fingerprint density at radius 2 is 1.67 bits per heavy atom. The van der Waals surface area contributed by atoms with E-state index in [-0.39, 0.29) is 30.1 Å². The summed E-state index contributed by atoms with van der Waals surface area (Å²) in [6, 6.07) is 6.13. The van der Waals surface area contributed by atoms with Crippen LogP contribution in [-0.2, 0) is 9.59 Å². The van der Waals surface area contributed by atoms with Crippen LogP contribution in [0, 0.1) is 5.82 Å². The number of carbonyl (C=O) groups excluding carboxylic acids is 2. The first-order chi connectivity index (χ1) is 10.1. The number of hydrogen-bond acceptors (Lipinski definition) is 4. The molecule has 21 heavy (non-hydrogen) atoms. The van der Waals surface area contributed by atoms with E-state index in [1.165, 1.54) is 17.0 Å². The van der Waals surface area contributed by atoms with Crippen molar-refractivity contribution in [2.24, 2.45) is 0 Å². The van der Waals surface area contributed by atoms with Crippen LogP contribution in [0.5, 0.6) is 0 Å². The van der Waals surface area contributed by atoms with Crippen molar-refractivity contribution >= 4 is 17.5 Å². The molecule has 1 aromatic rings. The molecule has 5 nitrogen and oxygen atoms in total. The van der Waals surface area contributed by atoms with Crippen molar-refractivity contribution in [2.75, 3.05) is 38.1 Å². The molecule has 0 aliphatic carbocycles. The predicted octanol–water partition coefficient (Wildman–Crippen LogP) is 0.705. The minimum atomic E-state index is -0.308. The Morgan fingerprint density at radius 3 is 2.19 bits per heavy atom. The molecule has 1 atom stereocenters. The third-order valence-electron chi connectivity index (χ3n) is 4.30. The van der Waals surface area contributed by atoms with Crippen molar-refractivity contribution in [2.45, 2.75) is 12.5 Å². The van der Waals surface area contributed by atoms with Crippen molar-refractivity contribution in [3.8, 4) is 0 Å². The normalized spacial score (nSPS) is 24.0. The van der Waals surface area contributed by atoms with Crippen molar-refractivity contribution < 1.29 is 14.0 Å². The fourth-order valence-corrected chi connectivity index (χ4v) is 2.97. The van der Waals surface area contributed by atoms with Gasteiger partial charge >= 0.3 is 0 Å². The summed E-state index contributed by atoms with van der Waals surface area (Å²) in [5.74, 6) is -0.448. The molecule has 2 aliphatic heterocycles. The van der Waals surface area contributed by atoms with Crippen LogP contribution in [0.4, 0.5) is 10.1 Å². The molecule has 2 aliphatic rings. The highest BCUT2D eigenvalue weighted by molar-refractivity contribution is 6.05. The number of likely N-dealkylation sites (tertiary alicyclic amines) is 1. The molecule has 6 heteroatoms. The Labute approximate surface area is 122 Å². The van der Waals surface area contributed by atoms with Crippen LogP contribution in [0.15, 0.2) is 24.3 Å². The van der Waals surface area contributed by atoms with Crippen LogP contribution in [0.1, 0.15) is 6.42 Å². The maximum Gasteiger partial charge on any atom is 0.246 e. The van der Waals surface area contributed by atoms with Crippen LogP contribution in [0.2, 0.25) is 0 Å². The van der Waals surface area contributed by atoms with Crippen molar-refractivity contribution in [3.05, 3.63) is 30.1 Å². The van der Waals surface area contributed by atoms with Crippen molar-refractivity contribution in [3.63, 3.8) is 0 Å². The molecule has 0 saturated carbocycles. The van der Waals surface area contributed by atoms with E-state index in [4.69, 9.17) is 0 Å². The molecule has 0 unspecified atom stereocenters. The first-order valence-electron chi connectivity index (χ1n) is 7.11. The minimum absolute atomic E-state index is 0.102. The Hall–Kier alpha value is -1.95. The number of hydrogen-bond donors (Lipinski definition) is 0. The van der Waals surface area contributed by atoms with E-state index >= 15 is 0 Å². The highest BCUT2D eigenvalue weighted by Gasteiger charge is 2.40. The van der Waals surface area contributed by atoms with Gasteiger partial charge in [0.15, 0.2) is 0 Å². The summed E-state index contributed by atoms with van der Waals surface area (Å²) >= 11 is 0.